The standard InChI is InChI=1S/C13H23NOS/c1-5-10-7-9-16-12(10)11(14)6-8-13(2,3)15-4/h7,9,11H,5-6,8,14H2,1-4H3. The van der Waals surface area contributed by atoms with Gasteiger partial charge in [0.25, 0.3) is 0 Å². The van der Waals surface area contributed by atoms with Crippen LogP contribution in [0.2, 0.25) is 0 Å². The second kappa shape index (κ2) is 5.80. The van der Waals surface area contributed by atoms with Crippen LogP contribution in [0.1, 0.15) is 50.1 Å². The molecule has 1 heterocycles. The molecule has 0 amide bonds. The number of nitrogens with two attached hydrogens (primary N) is 1. The van der Waals surface area contributed by atoms with Gasteiger partial charge in [-0.15, -0.1) is 11.3 Å². The summed E-state index contributed by atoms with van der Waals surface area (Å²) < 4.78 is 5.41. The van der Waals surface area contributed by atoms with E-state index in [1.165, 1.54) is 10.4 Å². The lowest BCUT2D eigenvalue weighted by atomic mass is 9.97. The first-order chi connectivity index (χ1) is 7.50. The molecular weight excluding hydrogens is 218 g/mol. The molecule has 1 atom stereocenters. The van der Waals surface area contributed by atoms with Gasteiger partial charge in [-0.05, 0) is 50.1 Å². The van der Waals surface area contributed by atoms with E-state index in [1.54, 1.807) is 18.4 Å². The number of hydrogen-bond acceptors (Lipinski definition) is 3. The zero-order chi connectivity index (χ0) is 12.2. The first-order valence-corrected chi connectivity index (χ1v) is 6.75. The van der Waals surface area contributed by atoms with Gasteiger partial charge in [-0.3, -0.25) is 0 Å². The molecule has 0 saturated heterocycles. The van der Waals surface area contributed by atoms with E-state index in [0.29, 0.717) is 0 Å². The monoisotopic (exact) mass is 241 g/mol. The van der Waals surface area contributed by atoms with Gasteiger partial charge in [-0.2, -0.15) is 0 Å². The molecule has 0 radical (unpaired) electrons. The quantitative estimate of drug-likeness (QED) is 0.827. The van der Waals surface area contributed by atoms with Gasteiger partial charge in [0, 0.05) is 18.0 Å². The maximum Gasteiger partial charge on any atom is 0.0623 e. The van der Waals surface area contributed by atoms with Gasteiger partial charge in [0.05, 0.1) is 5.60 Å². The Morgan fingerprint density at radius 3 is 2.75 bits per heavy atom. The molecule has 0 saturated carbocycles. The highest BCUT2D eigenvalue weighted by Gasteiger charge is 2.19. The predicted molar refractivity (Wildman–Crippen MR) is 70.9 cm³/mol. The average molecular weight is 241 g/mol. The summed E-state index contributed by atoms with van der Waals surface area (Å²) in [5, 5.41) is 2.13. The van der Waals surface area contributed by atoms with E-state index in [9.17, 15) is 0 Å². The molecule has 1 unspecified atom stereocenters. The largest absolute Gasteiger partial charge is 0.379 e. The fourth-order valence-electron chi connectivity index (χ4n) is 1.70. The third-order valence-electron chi connectivity index (χ3n) is 3.11. The Balaban J connectivity index is 2.56. The molecule has 0 fully saturated rings. The molecule has 0 aliphatic heterocycles. The van der Waals surface area contributed by atoms with Gasteiger partial charge in [-0.25, -0.2) is 0 Å². The van der Waals surface area contributed by atoms with Gasteiger partial charge < -0.3 is 10.5 Å². The van der Waals surface area contributed by atoms with E-state index in [-0.39, 0.29) is 11.6 Å². The van der Waals surface area contributed by atoms with E-state index in [1.807, 2.05) is 0 Å². The molecule has 0 aromatic carbocycles. The summed E-state index contributed by atoms with van der Waals surface area (Å²) in [7, 11) is 1.76. The van der Waals surface area contributed by atoms with E-state index < -0.39 is 0 Å². The molecule has 3 heteroatoms. The van der Waals surface area contributed by atoms with Crippen molar-refractivity contribution in [2.75, 3.05) is 7.11 Å². The Hall–Kier alpha value is -0.380. The van der Waals surface area contributed by atoms with Crippen LogP contribution in [0.25, 0.3) is 0 Å². The van der Waals surface area contributed by atoms with Crippen LogP contribution in [0.4, 0.5) is 0 Å². The minimum absolute atomic E-state index is 0.0682. The predicted octanol–water partition coefficient (Wildman–Crippen LogP) is 3.52. The highest BCUT2D eigenvalue weighted by Crippen LogP contribution is 2.28. The van der Waals surface area contributed by atoms with Gasteiger partial charge in [0.2, 0.25) is 0 Å². The molecule has 0 spiro atoms. The molecule has 1 aromatic heterocycles. The summed E-state index contributed by atoms with van der Waals surface area (Å²) in [6, 6.07) is 2.34. The van der Waals surface area contributed by atoms with Crippen molar-refractivity contribution in [1.82, 2.24) is 0 Å². The summed E-state index contributed by atoms with van der Waals surface area (Å²) >= 11 is 1.77. The molecule has 92 valence electrons. The first-order valence-electron chi connectivity index (χ1n) is 5.87. The fourth-order valence-corrected chi connectivity index (χ4v) is 2.74. The number of ether oxygens (including phenoxy) is 1. The highest BCUT2D eigenvalue weighted by atomic mass is 32.1. The van der Waals surface area contributed by atoms with Crippen LogP contribution in [0.15, 0.2) is 11.4 Å². The van der Waals surface area contributed by atoms with Crippen LogP contribution in [0.3, 0.4) is 0 Å². The summed E-state index contributed by atoms with van der Waals surface area (Å²) in [4.78, 5) is 1.34. The van der Waals surface area contributed by atoms with Crippen LogP contribution in [0.5, 0.6) is 0 Å². The number of hydrogen-bond donors (Lipinski definition) is 1. The van der Waals surface area contributed by atoms with Crippen molar-refractivity contribution in [1.29, 1.82) is 0 Å². The van der Waals surface area contributed by atoms with Gasteiger partial charge in [-0.1, -0.05) is 6.92 Å². The van der Waals surface area contributed by atoms with Gasteiger partial charge in [0.15, 0.2) is 0 Å². The van der Waals surface area contributed by atoms with Crippen LogP contribution in [-0.4, -0.2) is 12.7 Å². The lowest BCUT2D eigenvalue weighted by Crippen LogP contribution is -2.24. The molecule has 16 heavy (non-hydrogen) atoms. The Labute approximate surface area is 103 Å². The maximum absolute atomic E-state index is 6.23. The third kappa shape index (κ3) is 3.58. The summed E-state index contributed by atoms with van der Waals surface area (Å²) in [6.07, 6.45) is 3.04. The molecule has 0 aliphatic carbocycles. The Morgan fingerprint density at radius 2 is 2.19 bits per heavy atom. The van der Waals surface area contributed by atoms with Crippen molar-refractivity contribution in [3.05, 3.63) is 21.9 Å². The van der Waals surface area contributed by atoms with Crippen molar-refractivity contribution in [2.24, 2.45) is 5.73 Å². The van der Waals surface area contributed by atoms with Crippen molar-refractivity contribution < 1.29 is 4.74 Å². The highest BCUT2D eigenvalue weighted by molar-refractivity contribution is 7.10. The molecule has 1 rings (SSSR count). The lowest BCUT2D eigenvalue weighted by molar-refractivity contribution is 0.0125. The number of thiophene rings is 1. The zero-order valence-electron chi connectivity index (χ0n) is 10.7. The second-order valence-corrected chi connectivity index (χ2v) is 5.72. The van der Waals surface area contributed by atoms with Gasteiger partial charge in [0.1, 0.15) is 0 Å². The van der Waals surface area contributed by atoms with E-state index in [2.05, 4.69) is 32.2 Å². The van der Waals surface area contributed by atoms with Crippen molar-refractivity contribution in [3.8, 4) is 0 Å². The minimum Gasteiger partial charge on any atom is -0.379 e. The summed E-state index contributed by atoms with van der Waals surface area (Å²) in [5.41, 5.74) is 7.56. The Morgan fingerprint density at radius 1 is 1.50 bits per heavy atom. The number of methoxy groups -OCH3 is 1. The van der Waals surface area contributed by atoms with Crippen molar-refractivity contribution in [2.45, 2.75) is 51.7 Å². The lowest BCUT2D eigenvalue weighted by Gasteiger charge is -2.24. The molecule has 2 N–H and O–H groups in total. The summed E-state index contributed by atoms with van der Waals surface area (Å²) in [6.45, 7) is 6.39. The van der Waals surface area contributed by atoms with E-state index in [4.69, 9.17) is 10.5 Å². The summed E-state index contributed by atoms with van der Waals surface area (Å²) in [5.74, 6) is 0. The molecular formula is C13H23NOS. The van der Waals surface area contributed by atoms with Crippen molar-refractivity contribution in [3.63, 3.8) is 0 Å². The fraction of sp³-hybridized carbons (Fsp3) is 0.692. The molecule has 0 aliphatic rings. The Bertz CT molecular complexity index is 319. The van der Waals surface area contributed by atoms with Crippen LogP contribution < -0.4 is 5.73 Å². The topological polar surface area (TPSA) is 35.2 Å². The maximum atomic E-state index is 6.23. The average Bonchev–Trinajstić information content (AvgIpc) is 2.74. The van der Waals surface area contributed by atoms with Gasteiger partial charge >= 0.3 is 0 Å². The molecule has 0 bridgehead atoms. The Kier molecular flexibility index (Phi) is 4.96. The first kappa shape index (κ1) is 13.7. The van der Waals surface area contributed by atoms with E-state index >= 15 is 0 Å². The third-order valence-corrected chi connectivity index (χ3v) is 4.20. The van der Waals surface area contributed by atoms with Crippen LogP contribution >= 0.6 is 11.3 Å². The number of aryl methyl sites for hydroxylation is 1. The number of rotatable bonds is 6. The molecule has 2 nitrogen and oxygen atoms in total. The molecule has 1 aromatic rings. The van der Waals surface area contributed by atoms with Crippen LogP contribution in [-0.2, 0) is 11.2 Å². The normalized spacial score (nSPS) is 14.1. The van der Waals surface area contributed by atoms with E-state index in [0.717, 1.165) is 19.3 Å². The smallest absolute Gasteiger partial charge is 0.0623 e. The minimum atomic E-state index is -0.0682. The second-order valence-electron chi connectivity index (χ2n) is 4.77. The van der Waals surface area contributed by atoms with Crippen molar-refractivity contribution >= 4 is 11.3 Å². The van der Waals surface area contributed by atoms with Crippen LogP contribution in [0, 0.1) is 0 Å². The zero-order valence-corrected chi connectivity index (χ0v) is 11.6. The SMILES string of the molecule is CCc1ccsc1C(N)CCC(C)(C)OC.